The fourth-order valence-corrected chi connectivity index (χ4v) is 3.15. The molecule has 0 fully saturated rings. The number of rotatable bonds is 5. The average Bonchev–Trinajstić information content (AvgIpc) is 2.82. The summed E-state index contributed by atoms with van der Waals surface area (Å²) >= 11 is 1.47. The number of nitrogens with two attached hydrogens (primary N) is 1. The highest BCUT2D eigenvalue weighted by Gasteiger charge is 2.21. The van der Waals surface area contributed by atoms with E-state index in [1.165, 1.54) is 11.5 Å². The van der Waals surface area contributed by atoms with E-state index in [0.717, 1.165) is 29.1 Å². The second-order valence-electron chi connectivity index (χ2n) is 4.53. The number of aromatic nitrogens is 2. The zero-order chi connectivity index (χ0) is 13.8. The minimum Gasteiger partial charge on any atom is -0.382 e. The second-order valence-corrected chi connectivity index (χ2v) is 5.28. The van der Waals surface area contributed by atoms with Crippen LogP contribution in [-0.4, -0.2) is 21.9 Å². The molecule has 0 aliphatic heterocycles. The predicted octanol–water partition coefficient (Wildman–Crippen LogP) is 3.41. The van der Waals surface area contributed by atoms with Crippen molar-refractivity contribution in [3.8, 4) is 11.1 Å². The molecule has 0 spiro atoms. The van der Waals surface area contributed by atoms with Crippen LogP contribution >= 0.6 is 11.5 Å². The van der Waals surface area contributed by atoms with Crippen LogP contribution in [0, 0.1) is 0 Å². The third-order valence-corrected chi connectivity index (χ3v) is 4.27. The van der Waals surface area contributed by atoms with Crippen molar-refractivity contribution in [1.82, 2.24) is 9.36 Å². The SMILES string of the molecule is CCC(C)N(CC)c1snc(N)c1-c1cccnc1. The van der Waals surface area contributed by atoms with Crippen molar-refractivity contribution in [1.29, 1.82) is 0 Å². The van der Waals surface area contributed by atoms with Gasteiger partial charge in [0, 0.05) is 30.5 Å². The van der Waals surface area contributed by atoms with Gasteiger partial charge in [0.15, 0.2) is 0 Å². The zero-order valence-corrected chi connectivity index (χ0v) is 12.4. The maximum absolute atomic E-state index is 6.05. The van der Waals surface area contributed by atoms with E-state index in [9.17, 15) is 0 Å². The van der Waals surface area contributed by atoms with Crippen molar-refractivity contribution in [2.75, 3.05) is 17.2 Å². The number of hydrogen-bond acceptors (Lipinski definition) is 5. The van der Waals surface area contributed by atoms with Crippen molar-refractivity contribution < 1.29 is 0 Å². The summed E-state index contributed by atoms with van der Waals surface area (Å²) in [6, 6.07) is 4.43. The van der Waals surface area contributed by atoms with Crippen LogP contribution in [0.15, 0.2) is 24.5 Å². The normalized spacial score (nSPS) is 12.4. The van der Waals surface area contributed by atoms with Gasteiger partial charge >= 0.3 is 0 Å². The summed E-state index contributed by atoms with van der Waals surface area (Å²) in [6.45, 7) is 7.53. The van der Waals surface area contributed by atoms with E-state index in [0.29, 0.717) is 11.9 Å². The smallest absolute Gasteiger partial charge is 0.147 e. The molecule has 19 heavy (non-hydrogen) atoms. The Hall–Kier alpha value is -1.62. The van der Waals surface area contributed by atoms with Crippen molar-refractivity contribution in [2.45, 2.75) is 33.2 Å². The number of pyridine rings is 1. The molecule has 5 heteroatoms. The second kappa shape index (κ2) is 6.02. The molecule has 0 aliphatic rings. The van der Waals surface area contributed by atoms with Crippen molar-refractivity contribution in [2.24, 2.45) is 0 Å². The monoisotopic (exact) mass is 276 g/mol. The van der Waals surface area contributed by atoms with Crippen LogP contribution in [0.5, 0.6) is 0 Å². The summed E-state index contributed by atoms with van der Waals surface area (Å²) in [6.07, 6.45) is 4.71. The molecule has 0 saturated carbocycles. The van der Waals surface area contributed by atoms with Gasteiger partial charge in [-0.3, -0.25) is 4.98 Å². The predicted molar refractivity (Wildman–Crippen MR) is 82.5 cm³/mol. The standard InChI is InChI=1S/C14H20N4S/c1-4-10(3)18(5-2)14-12(13(15)17-19-14)11-7-6-8-16-9-11/h6-10H,4-5H2,1-3H3,(H2,15,17). The minimum absolute atomic E-state index is 0.472. The molecule has 2 aromatic heterocycles. The van der Waals surface area contributed by atoms with Gasteiger partial charge in [0.1, 0.15) is 10.8 Å². The lowest BCUT2D eigenvalue weighted by Gasteiger charge is -2.28. The van der Waals surface area contributed by atoms with E-state index in [-0.39, 0.29) is 0 Å². The van der Waals surface area contributed by atoms with Crippen LogP contribution in [0.25, 0.3) is 11.1 Å². The molecule has 0 aromatic carbocycles. The first-order valence-electron chi connectivity index (χ1n) is 6.61. The Morgan fingerprint density at radius 3 is 2.79 bits per heavy atom. The van der Waals surface area contributed by atoms with E-state index >= 15 is 0 Å². The van der Waals surface area contributed by atoms with Gasteiger partial charge in [0.2, 0.25) is 0 Å². The quantitative estimate of drug-likeness (QED) is 0.909. The summed E-state index contributed by atoms with van der Waals surface area (Å²) in [7, 11) is 0. The molecule has 2 heterocycles. The molecule has 0 bridgehead atoms. The Kier molecular flexibility index (Phi) is 4.37. The Balaban J connectivity index is 2.48. The lowest BCUT2D eigenvalue weighted by Crippen LogP contribution is -2.31. The Bertz CT molecular complexity index is 523. The lowest BCUT2D eigenvalue weighted by molar-refractivity contribution is 0.634. The highest BCUT2D eigenvalue weighted by molar-refractivity contribution is 7.11. The molecule has 102 valence electrons. The third-order valence-electron chi connectivity index (χ3n) is 3.38. The van der Waals surface area contributed by atoms with Crippen molar-refractivity contribution in [3.63, 3.8) is 0 Å². The largest absolute Gasteiger partial charge is 0.382 e. The molecule has 4 nitrogen and oxygen atoms in total. The molecular formula is C14H20N4S. The van der Waals surface area contributed by atoms with E-state index < -0.39 is 0 Å². The van der Waals surface area contributed by atoms with Gasteiger partial charge in [-0.2, -0.15) is 4.37 Å². The molecule has 2 rings (SSSR count). The highest BCUT2D eigenvalue weighted by atomic mass is 32.1. The minimum atomic E-state index is 0.472. The molecule has 1 unspecified atom stereocenters. The summed E-state index contributed by atoms with van der Waals surface area (Å²) in [5, 5.41) is 1.14. The van der Waals surface area contributed by atoms with E-state index in [4.69, 9.17) is 5.73 Å². The van der Waals surface area contributed by atoms with Gasteiger partial charge in [-0.1, -0.05) is 13.0 Å². The van der Waals surface area contributed by atoms with Gasteiger partial charge in [-0.15, -0.1) is 0 Å². The average molecular weight is 276 g/mol. The molecule has 2 N–H and O–H groups in total. The fraction of sp³-hybridized carbons (Fsp3) is 0.429. The molecular weight excluding hydrogens is 256 g/mol. The summed E-state index contributed by atoms with van der Waals surface area (Å²) in [5.41, 5.74) is 8.10. The van der Waals surface area contributed by atoms with Gasteiger partial charge in [-0.25, -0.2) is 0 Å². The molecule has 0 saturated heterocycles. The topological polar surface area (TPSA) is 55.0 Å². The van der Waals surface area contributed by atoms with Crippen molar-refractivity contribution in [3.05, 3.63) is 24.5 Å². The maximum atomic E-state index is 6.05. The third kappa shape index (κ3) is 2.71. The van der Waals surface area contributed by atoms with E-state index in [1.807, 2.05) is 18.3 Å². The first-order valence-corrected chi connectivity index (χ1v) is 7.38. The number of anilines is 2. The Morgan fingerprint density at radius 2 is 2.21 bits per heavy atom. The first-order chi connectivity index (χ1) is 9.19. The summed E-state index contributed by atoms with van der Waals surface area (Å²) in [5.74, 6) is 0.592. The molecule has 0 radical (unpaired) electrons. The zero-order valence-electron chi connectivity index (χ0n) is 11.6. The molecule has 2 aromatic rings. The Morgan fingerprint density at radius 1 is 1.42 bits per heavy atom. The van der Waals surface area contributed by atoms with Crippen molar-refractivity contribution >= 4 is 22.4 Å². The number of nitrogens with zero attached hydrogens (tertiary/aromatic N) is 3. The van der Waals surface area contributed by atoms with Crippen LogP contribution in [0.3, 0.4) is 0 Å². The van der Waals surface area contributed by atoms with Crippen LogP contribution < -0.4 is 10.6 Å². The maximum Gasteiger partial charge on any atom is 0.147 e. The van der Waals surface area contributed by atoms with Crippen LogP contribution in [0.4, 0.5) is 10.8 Å². The van der Waals surface area contributed by atoms with Gasteiger partial charge in [0.05, 0.1) is 5.56 Å². The first kappa shape index (κ1) is 13.8. The number of hydrogen-bond donors (Lipinski definition) is 1. The summed E-state index contributed by atoms with van der Waals surface area (Å²) in [4.78, 5) is 6.53. The summed E-state index contributed by atoms with van der Waals surface area (Å²) < 4.78 is 4.33. The van der Waals surface area contributed by atoms with E-state index in [2.05, 4.69) is 35.0 Å². The van der Waals surface area contributed by atoms with Gasteiger partial charge < -0.3 is 10.6 Å². The molecule has 0 aliphatic carbocycles. The highest BCUT2D eigenvalue weighted by Crippen LogP contribution is 2.39. The van der Waals surface area contributed by atoms with E-state index in [1.54, 1.807) is 6.20 Å². The molecule has 1 atom stereocenters. The molecule has 0 amide bonds. The Labute approximate surface area is 118 Å². The number of nitrogen functional groups attached to an aromatic ring is 1. The van der Waals surface area contributed by atoms with Crippen LogP contribution in [-0.2, 0) is 0 Å². The van der Waals surface area contributed by atoms with Gasteiger partial charge in [-0.05, 0) is 37.9 Å². The lowest BCUT2D eigenvalue weighted by atomic mass is 10.1. The fourth-order valence-electron chi connectivity index (χ4n) is 2.15. The van der Waals surface area contributed by atoms with Crippen LogP contribution in [0.1, 0.15) is 27.2 Å². The van der Waals surface area contributed by atoms with Crippen LogP contribution in [0.2, 0.25) is 0 Å². The van der Waals surface area contributed by atoms with Gasteiger partial charge in [0.25, 0.3) is 0 Å².